The van der Waals surface area contributed by atoms with Crippen molar-refractivity contribution in [3.63, 3.8) is 0 Å². The molecule has 4 rings (SSSR count). The molecular formula is C27H26N2O4. The standard InChI is InChI=1S/C27H26N2O4/c1-18-24(25(30)32-17-19-9-6-5-7-10-19)22-15-20(21-11-8-14-28-16-21)12-13-23(22)29(18)26(31)33-27(2,3)4/h5-16H,17H2,1-4H3. The molecule has 2 aromatic heterocycles. The highest BCUT2D eigenvalue weighted by Gasteiger charge is 2.27. The number of ether oxygens (including phenoxy) is 2. The lowest BCUT2D eigenvalue weighted by Gasteiger charge is -2.20. The van der Waals surface area contributed by atoms with Crippen LogP contribution in [0.15, 0.2) is 73.1 Å². The van der Waals surface area contributed by atoms with E-state index in [0.29, 0.717) is 22.2 Å². The molecule has 0 spiro atoms. The summed E-state index contributed by atoms with van der Waals surface area (Å²) in [6, 6.07) is 18.9. The first-order chi connectivity index (χ1) is 15.7. The van der Waals surface area contributed by atoms with Gasteiger partial charge in [-0.25, -0.2) is 14.2 Å². The SMILES string of the molecule is Cc1c(C(=O)OCc2ccccc2)c2cc(-c3cccnc3)ccc2n1C(=O)OC(C)(C)C. The molecule has 0 unspecified atom stereocenters. The van der Waals surface area contributed by atoms with Crippen LogP contribution in [0.1, 0.15) is 42.4 Å². The van der Waals surface area contributed by atoms with Crippen molar-refractivity contribution in [2.45, 2.75) is 39.9 Å². The van der Waals surface area contributed by atoms with E-state index < -0.39 is 17.7 Å². The highest BCUT2D eigenvalue weighted by atomic mass is 16.6. The number of rotatable bonds is 4. The van der Waals surface area contributed by atoms with Gasteiger partial charge in [0.05, 0.1) is 11.1 Å². The molecular weight excluding hydrogens is 416 g/mol. The first-order valence-corrected chi connectivity index (χ1v) is 10.7. The van der Waals surface area contributed by atoms with Crippen molar-refractivity contribution in [3.8, 4) is 11.1 Å². The third-order valence-electron chi connectivity index (χ3n) is 5.19. The number of nitrogens with zero attached hydrogens (tertiary/aromatic N) is 2. The van der Waals surface area contributed by atoms with E-state index in [-0.39, 0.29) is 6.61 Å². The van der Waals surface area contributed by atoms with Crippen LogP contribution >= 0.6 is 0 Å². The molecule has 4 aromatic rings. The lowest BCUT2D eigenvalue weighted by Crippen LogP contribution is -2.27. The number of benzene rings is 2. The van der Waals surface area contributed by atoms with Gasteiger partial charge in [0, 0.05) is 29.0 Å². The minimum Gasteiger partial charge on any atom is -0.457 e. The summed E-state index contributed by atoms with van der Waals surface area (Å²) >= 11 is 0. The molecule has 2 aromatic carbocycles. The maximum absolute atomic E-state index is 13.2. The number of esters is 1. The molecule has 168 valence electrons. The fourth-order valence-corrected chi connectivity index (χ4v) is 3.73. The van der Waals surface area contributed by atoms with E-state index in [1.807, 2.05) is 81.4 Å². The lowest BCUT2D eigenvalue weighted by atomic mass is 10.0. The summed E-state index contributed by atoms with van der Waals surface area (Å²) in [6.07, 6.45) is 2.92. The number of carbonyl (C=O) groups is 2. The second kappa shape index (κ2) is 8.90. The van der Waals surface area contributed by atoms with Crippen LogP contribution in [-0.2, 0) is 16.1 Å². The van der Waals surface area contributed by atoms with Crippen LogP contribution in [0, 0.1) is 6.92 Å². The number of hydrogen-bond donors (Lipinski definition) is 0. The molecule has 0 radical (unpaired) electrons. The molecule has 0 fully saturated rings. The average molecular weight is 443 g/mol. The smallest absolute Gasteiger partial charge is 0.419 e. The predicted octanol–water partition coefficient (Wildman–Crippen LogP) is 6.15. The quantitative estimate of drug-likeness (QED) is 0.354. The highest BCUT2D eigenvalue weighted by Crippen LogP contribution is 2.32. The molecule has 0 amide bonds. The van der Waals surface area contributed by atoms with Crippen LogP contribution in [0.25, 0.3) is 22.0 Å². The average Bonchev–Trinajstić information content (AvgIpc) is 3.08. The Hall–Kier alpha value is -3.93. The number of fused-ring (bicyclic) bond motifs is 1. The van der Waals surface area contributed by atoms with Gasteiger partial charge in [0.25, 0.3) is 0 Å². The number of pyridine rings is 1. The summed E-state index contributed by atoms with van der Waals surface area (Å²) in [4.78, 5) is 30.4. The van der Waals surface area contributed by atoms with Crippen molar-refractivity contribution in [1.82, 2.24) is 9.55 Å². The summed E-state index contributed by atoms with van der Waals surface area (Å²) in [5.74, 6) is -0.494. The Kier molecular flexibility index (Phi) is 6.01. The molecule has 6 heteroatoms. The number of carbonyl (C=O) groups excluding carboxylic acids is 2. The van der Waals surface area contributed by atoms with Crippen molar-refractivity contribution in [2.75, 3.05) is 0 Å². The molecule has 0 aliphatic rings. The summed E-state index contributed by atoms with van der Waals surface area (Å²) in [5.41, 5.74) is 3.40. The van der Waals surface area contributed by atoms with E-state index in [2.05, 4.69) is 4.98 Å². The van der Waals surface area contributed by atoms with Crippen molar-refractivity contribution >= 4 is 23.0 Å². The van der Waals surface area contributed by atoms with Crippen LogP contribution in [-0.4, -0.2) is 27.2 Å². The van der Waals surface area contributed by atoms with E-state index in [1.165, 1.54) is 4.57 Å². The molecule has 0 bridgehead atoms. The Labute approximate surface area is 192 Å². The van der Waals surface area contributed by atoms with Gasteiger partial charge in [0.1, 0.15) is 12.2 Å². The molecule has 0 saturated carbocycles. The zero-order valence-corrected chi connectivity index (χ0v) is 19.2. The molecule has 0 saturated heterocycles. The van der Waals surface area contributed by atoms with Gasteiger partial charge in [0.15, 0.2) is 0 Å². The zero-order chi connectivity index (χ0) is 23.6. The topological polar surface area (TPSA) is 70.4 Å². The normalized spacial score (nSPS) is 11.4. The van der Waals surface area contributed by atoms with Crippen molar-refractivity contribution in [3.05, 3.63) is 89.9 Å². The Bertz CT molecular complexity index is 1300. The Morgan fingerprint density at radius 3 is 2.39 bits per heavy atom. The van der Waals surface area contributed by atoms with Crippen LogP contribution in [0.3, 0.4) is 0 Å². The van der Waals surface area contributed by atoms with Crippen molar-refractivity contribution in [2.24, 2.45) is 0 Å². The Balaban J connectivity index is 1.81. The number of hydrogen-bond acceptors (Lipinski definition) is 5. The summed E-state index contributed by atoms with van der Waals surface area (Å²) < 4.78 is 12.7. The third kappa shape index (κ3) is 4.80. The predicted molar refractivity (Wildman–Crippen MR) is 127 cm³/mol. The fourth-order valence-electron chi connectivity index (χ4n) is 3.73. The second-order valence-electron chi connectivity index (χ2n) is 8.81. The summed E-state index contributed by atoms with van der Waals surface area (Å²) in [6.45, 7) is 7.29. The molecule has 6 nitrogen and oxygen atoms in total. The molecule has 0 N–H and O–H groups in total. The van der Waals surface area contributed by atoms with Gasteiger partial charge in [-0.3, -0.25) is 4.98 Å². The van der Waals surface area contributed by atoms with Gasteiger partial charge in [0.2, 0.25) is 0 Å². The van der Waals surface area contributed by atoms with E-state index in [1.54, 1.807) is 19.3 Å². The summed E-state index contributed by atoms with van der Waals surface area (Å²) in [7, 11) is 0. The molecule has 0 atom stereocenters. The Morgan fingerprint density at radius 1 is 0.970 bits per heavy atom. The van der Waals surface area contributed by atoms with E-state index >= 15 is 0 Å². The fraction of sp³-hybridized carbons (Fsp3) is 0.222. The Morgan fingerprint density at radius 2 is 1.73 bits per heavy atom. The molecule has 2 heterocycles. The maximum atomic E-state index is 13.2. The zero-order valence-electron chi connectivity index (χ0n) is 19.2. The van der Waals surface area contributed by atoms with Gasteiger partial charge in [-0.05, 0) is 57.0 Å². The first kappa shape index (κ1) is 22.3. The van der Waals surface area contributed by atoms with E-state index in [9.17, 15) is 9.59 Å². The van der Waals surface area contributed by atoms with Gasteiger partial charge >= 0.3 is 12.1 Å². The van der Waals surface area contributed by atoms with Crippen molar-refractivity contribution in [1.29, 1.82) is 0 Å². The molecule has 0 aliphatic carbocycles. The van der Waals surface area contributed by atoms with Crippen LogP contribution in [0.2, 0.25) is 0 Å². The second-order valence-corrected chi connectivity index (χ2v) is 8.81. The highest BCUT2D eigenvalue weighted by molar-refractivity contribution is 6.09. The van der Waals surface area contributed by atoms with Gasteiger partial charge in [-0.2, -0.15) is 0 Å². The molecule has 0 aliphatic heterocycles. The number of aromatic nitrogens is 2. The van der Waals surface area contributed by atoms with E-state index in [4.69, 9.17) is 9.47 Å². The minimum absolute atomic E-state index is 0.139. The molecule has 33 heavy (non-hydrogen) atoms. The van der Waals surface area contributed by atoms with Crippen LogP contribution in [0.4, 0.5) is 4.79 Å². The monoisotopic (exact) mass is 442 g/mol. The minimum atomic E-state index is -0.677. The van der Waals surface area contributed by atoms with Crippen LogP contribution in [0.5, 0.6) is 0 Å². The maximum Gasteiger partial charge on any atom is 0.419 e. The lowest BCUT2D eigenvalue weighted by molar-refractivity contribution is 0.0473. The van der Waals surface area contributed by atoms with Gasteiger partial charge < -0.3 is 9.47 Å². The first-order valence-electron chi connectivity index (χ1n) is 10.7. The van der Waals surface area contributed by atoms with E-state index in [0.717, 1.165) is 16.7 Å². The van der Waals surface area contributed by atoms with Crippen LogP contribution < -0.4 is 0 Å². The van der Waals surface area contributed by atoms with Gasteiger partial charge in [-0.1, -0.05) is 42.5 Å². The third-order valence-corrected chi connectivity index (χ3v) is 5.19. The largest absolute Gasteiger partial charge is 0.457 e. The summed E-state index contributed by atoms with van der Waals surface area (Å²) in [5, 5.41) is 0.623. The van der Waals surface area contributed by atoms with Gasteiger partial charge in [-0.15, -0.1) is 0 Å². The van der Waals surface area contributed by atoms with Crippen molar-refractivity contribution < 1.29 is 19.1 Å².